The molecule has 0 unspecified atom stereocenters. The van der Waals surface area contributed by atoms with Crippen LogP contribution in [0.2, 0.25) is 5.02 Å². The number of nitrogens with one attached hydrogen (secondary N) is 2. The number of allylic oxidation sites excluding steroid dienone is 1. The van der Waals surface area contributed by atoms with E-state index >= 15 is 0 Å². The summed E-state index contributed by atoms with van der Waals surface area (Å²) in [7, 11) is 0. The number of anilines is 1. The van der Waals surface area contributed by atoms with E-state index in [0.29, 0.717) is 16.9 Å². The van der Waals surface area contributed by atoms with Crippen molar-refractivity contribution in [2.75, 3.05) is 11.1 Å². The van der Waals surface area contributed by atoms with Crippen LogP contribution in [0.3, 0.4) is 0 Å². The Morgan fingerprint density at radius 3 is 2.59 bits per heavy atom. The van der Waals surface area contributed by atoms with Gasteiger partial charge in [0.05, 0.1) is 33.2 Å². The van der Waals surface area contributed by atoms with Crippen LogP contribution in [0.15, 0.2) is 64.0 Å². The maximum absolute atomic E-state index is 14.5. The Labute approximate surface area is 226 Å². The predicted octanol–water partition coefficient (Wildman–Crippen LogP) is 5.40. The molecule has 7 nitrogen and oxygen atoms in total. The molecule has 0 saturated heterocycles. The molecular weight excluding hydrogens is 569 g/mol. The highest BCUT2D eigenvalue weighted by molar-refractivity contribution is 8.03. The van der Waals surface area contributed by atoms with Crippen LogP contribution in [-0.4, -0.2) is 39.4 Å². The summed E-state index contributed by atoms with van der Waals surface area (Å²) >= 11 is 8.99. The van der Waals surface area contributed by atoms with Crippen LogP contribution in [0.1, 0.15) is 21.2 Å². The zero-order valence-electron chi connectivity index (χ0n) is 18.5. The molecule has 3 heterocycles. The number of nitrogens with zero attached hydrogens (tertiary/aromatic N) is 2. The average Bonchev–Trinajstić information content (AvgIpc) is 3.56. The molecule has 1 aliphatic rings. The number of rotatable bonds is 7. The fourth-order valence-electron chi connectivity index (χ4n) is 3.90. The first kappa shape index (κ1) is 27.2. The number of carbonyl (C=O) groups excluding carboxylic acids is 2. The number of hydrogen-bond acceptors (Lipinski definition) is 9. The second-order valence-corrected chi connectivity index (χ2v) is 11.0. The van der Waals surface area contributed by atoms with Gasteiger partial charge in [-0.25, -0.2) is 4.98 Å². The van der Waals surface area contributed by atoms with Gasteiger partial charge in [-0.2, -0.15) is 18.4 Å². The lowest BCUT2D eigenvalue weighted by atomic mass is 9.70. The van der Waals surface area contributed by atoms with E-state index in [2.05, 4.69) is 10.3 Å². The summed E-state index contributed by atoms with van der Waals surface area (Å²) in [5.41, 5.74) is -3.97. The molecule has 0 bridgehead atoms. The number of halogens is 4. The standard InChI is InChI=1S/C23H16ClF3N4O3S3/c24-14-5-2-1-4-12(14)17-13(10-28)20(37-11-16(32)30-21-29-7-9-36-21)31-22(34,23(25,26)27)18(17)19(33)15-6-3-8-35-15/h1-9,17-18,31,34H,11H2,(H,29,30,32)/t17-,18+,22-/m1/s1. The van der Waals surface area contributed by atoms with E-state index < -0.39 is 46.2 Å². The second kappa shape index (κ2) is 10.8. The van der Waals surface area contributed by atoms with E-state index in [4.69, 9.17) is 11.6 Å². The molecule has 1 amide bonds. The number of nitriles is 1. The molecule has 4 rings (SSSR count). The molecule has 192 valence electrons. The van der Waals surface area contributed by atoms with Crippen molar-refractivity contribution in [3.63, 3.8) is 0 Å². The summed E-state index contributed by atoms with van der Waals surface area (Å²) in [5, 5.41) is 28.8. The van der Waals surface area contributed by atoms with Crippen LogP contribution in [0.5, 0.6) is 0 Å². The number of thioether (sulfide) groups is 1. The molecule has 0 fully saturated rings. The predicted molar refractivity (Wildman–Crippen MR) is 136 cm³/mol. The van der Waals surface area contributed by atoms with Crippen LogP contribution in [-0.2, 0) is 4.79 Å². The van der Waals surface area contributed by atoms with Crippen molar-refractivity contribution in [1.29, 1.82) is 5.26 Å². The monoisotopic (exact) mass is 584 g/mol. The lowest BCUT2D eigenvalue weighted by Crippen LogP contribution is -2.66. The Bertz CT molecular complexity index is 1370. The van der Waals surface area contributed by atoms with Gasteiger partial charge in [0, 0.05) is 22.5 Å². The van der Waals surface area contributed by atoms with Crippen molar-refractivity contribution in [1.82, 2.24) is 10.3 Å². The smallest absolute Gasteiger partial charge is 0.363 e. The molecule has 14 heteroatoms. The summed E-state index contributed by atoms with van der Waals surface area (Å²) in [6, 6.07) is 10.6. The topological polar surface area (TPSA) is 115 Å². The van der Waals surface area contributed by atoms with Gasteiger partial charge in [0.15, 0.2) is 10.9 Å². The average molecular weight is 585 g/mol. The Balaban J connectivity index is 1.83. The van der Waals surface area contributed by atoms with Gasteiger partial charge >= 0.3 is 6.18 Å². The summed E-state index contributed by atoms with van der Waals surface area (Å²) in [5.74, 6) is -5.75. The van der Waals surface area contributed by atoms with E-state index in [1.54, 1.807) is 11.4 Å². The third kappa shape index (κ3) is 5.39. The molecule has 3 aromatic rings. The summed E-state index contributed by atoms with van der Waals surface area (Å²) in [6.45, 7) is 0. The molecule has 1 aromatic carbocycles. The van der Waals surface area contributed by atoms with E-state index in [0.717, 1.165) is 22.7 Å². The Kier molecular flexibility index (Phi) is 7.96. The zero-order valence-corrected chi connectivity index (χ0v) is 21.7. The summed E-state index contributed by atoms with van der Waals surface area (Å²) in [4.78, 5) is 29.8. The van der Waals surface area contributed by atoms with Gasteiger partial charge in [0.25, 0.3) is 0 Å². The van der Waals surface area contributed by atoms with Gasteiger partial charge in [0.1, 0.15) is 0 Å². The van der Waals surface area contributed by atoms with E-state index in [1.165, 1.54) is 41.9 Å². The lowest BCUT2D eigenvalue weighted by Gasteiger charge is -2.45. The van der Waals surface area contributed by atoms with Gasteiger partial charge in [-0.3, -0.25) is 9.59 Å². The first-order valence-electron chi connectivity index (χ1n) is 10.4. The zero-order chi connectivity index (χ0) is 26.8. The quantitative estimate of drug-likeness (QED) is 0.318. The van der Waals surface area contributed by atoms with Crippen LogP contribution in [0.25, 0.3) is 0 Å². The van der Waals surface area contributed by atoms with Gasteiger partial charge < -0.3 is 15.7 Å². The summed E-state index contributed by atoms with van der Waals surface area (Å²) < 4.78 is 43.6. The molecule has 3 atom stereocenters. The largest absolute Gasteiger partial charge is 0.437 e. The van der Waals surface area contributed by atoms with Gasteiger partial charge in [0.2, 0.25) is 11.6 Å². The van der Waals surface area contributed by atoms with Crippen molar-refractivity contribution in [3.05, 3.63) is 79.4 Å². The number of carbonyl (C=O) groups is 2. The number of aromatic nitrogens is 1. The lowest BCUT2D eigenvalue weighted by molar-refractivity contribution is -0.285. The number of hydrogen-bond donors (Lipinski definition) is 3. The molecule has 0 saturated carbocycles. The van der Waals surface area contributed by atoms with Crippen LogP contribution >= 0.6 is 46.0 Å². The maximum atomic E-state index is 14.5. The fourth-order valence-corrected chi connectivity index (χ4v) is 6.31. The molecule has 0 aliphatic carbocycles. The molecule has 37 heavy (non-hydrogen) atoms. The Morgan fingerprint density at radius 1 is 1.24 bits per heavy atom. The SMILES string of the molecule is N#CC1=C(SCC(=O)Nc2nccs2)N[C@](O)(C(F)(F)F)[C@H](C(=O)c2cccs2)[C@@H]1c1ccccc1Cl. The van der Waals surface area contributed by atoms with E-state index in [9.17, 15) is 33.1 Å². The minimum atomic E-state index is -5.35. The third-order valence-corrected chi connectivity index (χ3v) is 8.44. The van der Waals surface area contributed by atoms with Crippen molar-refractivity contribution in [2.24, 2.45) is 5.92 Å². The summed E-state index contributed by atoms with van der Waals surface area (Å²) in [6.07, 6.45) is -3.88. The number of aliphatic hydroxyl groups is 1. The van der Waals surface area contributed by atoms with E-state index in [1.807, 2.05) is 11.4 Å². The van der Waals surface area contributed by atoms with Crippen LogP contribution in [0, 0.1) is 17.2 Å². The minimum absolute atomic E-state index is 0.0153. The van der Waals surface area contributed by atoms with Crippen molar-refractivity contribution < 1.29 is 27.9 Å². The molecule has 1 aliphatic heterocycles. The molecular formula is C23H16ClF3N4O3S3. The molecule has 0 spiro atoms. The molecule has 3 N–H and O–H groups in total. The third-order valence-electron chi connectivity index (χ3n) is 5.51. The van der Waals surface area contributed by atoms with E-state index in [-0.39, 0.29) is 21.0 Å². The normalized spacial score (nSPS) is 21.7. The van der Waals surface area contributed by atoms with Crippen LogP contribution in [0.4, 0.5) is 18.3 Å². The minimum Gasteiger partial charge on any atom is -0.363 e. The second-order valence-electron chi connectivity index (χ2n) is 7.74. The highest BCUT2D eigenvalue weighted by Crippen LogP contribution is 2.52. The molecule has 2 aromatic heterocycles. The fraction of sp³-hybridized carbons (Fsp3) is 0.217. The van der Waals surface area contributed by atoms with Crippen molar-refractivity contribution in [3.8, 4) is 6.07 Å². The van der Waals surface area contributed by atoms with Crippen LogP contribution < -0.4 is 10.6 Å². The number of thiophene rings is 1. The maximum Gasteiger partial charge on any atom is 0.437 e. The Hall–Kier alpha value is -2.89. The number of Topliss-reactive ketones (excluding diaryl/α,β-unsaturated/α-hetero) is 1. The first-order valence-corrected chi connectivity index (χ1v) is 13.5. The van der Waals surface area contributed by atoms with Crippen molar-refractivity contribution in [2.45, 2.75) is 17.8 Å². The highest BCUT2D eigenvalue weighted by atomic mass is 35.5. The number of thiazole rings is 1. The number of amides is 1. The molecule has 0 radical (unpaired) electrons. The number of benzene rings is 1. The Morgan fingerprint density at radius 2 is 2.00 bits per heavy atom. The number of alkyl halides is 3. The highest BCUT2D eigenvalue weighted by Gasteiger charge is 2.66. The van der Waals surface area contributed by atoms with Gasteiger partial charge in [-0.05, 0) is 23.1 Å². The van der Waals surface area contributed by atoms with Gasteiger partial charge in [-0.15, -0.1) is 22.7 Å². The first-order chi connectivity index (χ1) is 17.6. The van der Waals surface area contributed by atoms with Crippen molar-refractivity contribution >= 4 is 62.9 Å². The number of ketones is 1. The van der Waals surface area contributed by atoms with Gasteiger partial charge in [-0.1, -0.05) is 47.6 Å².